The van der Waals surface area contributed by atoms with Crippen LogP contribution in [0.25, 0.3) is 0 Å². The van der Waals surface area contributed by atoms with Crippen molar-refractivity contribution in [2.45, 2.75) is 6.54 Å². The van der Waals surface area contributed by atoms with Gasteiger partial charge in [0.15, 0.2) is 0 Å². The van der Waals surface area contributed by atoms with Crippen molar-refractivity contribution in [2.75, 3.05) is 12.4 Å². The summed E-state index contributed by atoms with van der Waals surface area (Å²) in [6.07, 6.45) is 0. The van der Waals surface area contributed by atoms with Crippen molar-refractivity contribution < 1.29 is 9.53 Å². The molecule has 0 spiro atoms. The fraction of sp³-hybridized carbons (Fsp3) is 0.154. The van der Waals surface area contributed by atoms with Crippen LogP contribution in [-0.2, 0) is 11.3 Å². The highest BCUT2D eigenvalue weighted by molar-refractivity contribution is 9.11. The second-order valence-corrected chi connectivity index (χ2v) is 6.61. The van der Waals surface area contributed by atoms with E-state index in [0.717, 1.165) is 24.8 Å². The quantitative estimate of drug-likeness (QED) is 0.642. The van der Waals surface area contributed by atoms with Crippen LogP contribution >= 0.6 is 47.8 Å². The number of methoxy groups -OCH3 is 1. The molecule has 0 unspecified atom stereocenters. The lowest BCUT2D eigenvalue weighted by molar-refractivity contribution is 0.0594. The number of nitrogens with one attached hydrogen (secondary N) is 2. The molecule has 1 heterocycles. The Labute approximate surface area is 141 Å². The van der Waals surface area contributed by atoms with Crippen LogP contribution in [0.3, 0.4) is 0 Å². The van der Waals surface area contributed by atoms with E-state index >= 15 is 0 Å². The Morgan fingerprint density at radius 2 is 1.90 bits per heavy atom. The normalized spacial score (nSPS) is 10.4. The van der Waals surface area contributed by atoms with Gasteiger partial charge in [-0.05, 0) is 56.1 Å². The molecule has 0 radical (unpaired) electrons. The van der Waals surface area contributed by atoms with Crippen LogP contribution in [0, 0.1) is 0 Å². The molecule has 1 aromatic heterocycles. The van der Waals surface area contributed by atoms with Gasteiger partial charge in [-0.2, -0.15) is 0 Å². The molecule has 0 aliphatic heterocycles. The predicted molar refractivity (Wildman–Crippen MR) is 89.0 cm³/mol. The van der Waals surface area contributed by atoms with Crippen LogP contribution in [0.15, 0.2) is 37.7 Å². The van der Waals surface area contributed by atoms with Crippen LogP contribution in [0.4, 0.5) is 5.69 Å². The average Bonchev–Trinajstić information content (AvgIpc) is 2.85. The molecular weight excluding hydrogens is 456 g/mol. The van der Waals surface area contributed by atoms with Crippen molar-refractivity contribution in [3.63, 3.8) is 0 Å². The number of carbonyl (C=O) groups excluding carboxylic acids is 1. The van der Waals surface area contributed by atoms with Gasteiger partial charge in [-0.25, -0.2) is 4.79 Å². The van der Waals surface area contributed by atoms with E-state index in [1.165, 1.54) is 7.11 Å². The first-order valence-corrected chi connectivity index (χ1v) is 8.03. The summed E-state index contributed by atoms with van der Waals surface area (Å²) in [5.74, 6) is -0.373. The summed E-state index contributed by atoms with van der Waals surface area (Å²) in [6, 6.07) is 7.47. The number of carbonyl (C=O) groups is 1. The first-order chi connectivity index (χ1) is 9.51. The molecule has 0 atom stereocenters. The third-order valence-electron chi connectivity index (χ3n) is 2.61. The van der Waals surface area contributed by atoms with E-state index in [1.807, 2.05) is 18.2 Å². The molecule has 7 heteroatoms. The molecule has 0 bridgehead atoms. The van der Waals surface area contributed by atoms with Gasteiger partial charge < -0.3 is 15.0 Å². The summed E-state index contributed by atoms with van der Waals surface area (Å²) < 4.78 is 7.52. The van der Waals surface area contributed by atoms with Gasteiger partial charge in [0.05, 0.1) is 19.3 Å². The van der Waals surface area contributed by atoms with Gasteiger partial charge in [0.1, 0.15) is 5.69 Å². The summed E-state index contributed by atoms with van der Waals surface area (Å²) in [5.41, 5.74) is 2.28. The van der Waals surface area contributed by atoms with Gasteiger partial charge >= 0.3 is 5.97 Å². The second kappa shape index (κ2) is 6.78. The fourth-order valence-corrected chi connectivity index (χ4v) is 4.21. The minimum Gasteiger partial charge on any atom is -0.464 e. The van der Waals surface area contributed by atoms with Crippen LogP contribution in [-0.4, -0.2) is 18.1 Å². The number of benzene rings is 1. The maximum absolute atomic E-state index is 11.4. The van der Waals surface area contributed by atoms with Gasteiger partial charge in [-0.15, -0.1) is 0 Å². The molecule has 0 saturated carbocycles. The number of rotatable bonds is 4. The van der Waals surface area contributed by atoms with Gasteiger partial charge in [0.2, 0.25) is 0 Å². The van der Waals surface area contributed by atoms with E-state index in [-0.39, 0.29) is 5.97 Å². The lowest BCUT2D eigenvalue weighted by atomic mass is 10.3. The number of hydrogen-bond donors (Lipinski definition) is 2. The second-order valence-electron chi connectivity index (χ2n) is 3.99. The predicted octanol–water partition coefficient (Wildman–Crippen LogP) is 4.70. The van der Waals surface area contributed by atoms with Crippen molar-refractivity contribution in [2.24, 2.45) is 0 Å². The molecule has 2 N–H and O–H groups in total. The zero-order chi connectivity index (χ0) is 14.7. The summed E-state index contributed by atoms with van der Waals surface area (Å²) >= 11 is 10.4. The molecular formula is C13H11Br3N2O2. The molecule has 0 fully saturated rings. The standard InChI is InChI=1S/C13H11Br3N2O2/c1-20-13(19)11-3-2-8(18-11)6-17-12-9(15)4-7(14)5-10(12)16/h2-5,17-18H,6H2,1H3. The minimum atomic E-state index is -0.373. The van der Waals surface area contributed by atoms with Gasteiger partial charge in [-0.3, -0.25) is 0 Å². The first kappa shape index (κ1) is 15.6. The SMILES string of the molecule is COC(=O)c1ccc(CNc2c(Br)cc(Br)cc2Br)[nH]1. The summed E-state index contributed by atoms with van der Waals surface area (Å²) in [4.78, 5) is 14.4. The Morgan fingerprint density at radius 3 is 2.50 bits per heavy atom. The smallest absolute Gasteiger partial charge is 0.354 e. The summed E-state index contributed by atoms with van der Waals surface area (Å²) in [7, 11) is 1.36. The molecule has 0 aliphatic carbocycles. The van der Waals surface area contributed by atoms with Crippen LogP contribution in [0.1, 0.15) is 16.2 Å². The first-order valence-electron chi connectivity index (χ1n) is 5.66. The topological polar surface area (TPSA) is 54.1 Å². The number of H-pyrrole nitrogens is 1. The van der Waals surface area contributed by atoms with E-state index < -0.39 is 0 Å². The summed E-state index contributed by atoms with van der Waals surface area (Å²) in [5, 5.41) is 3.30. The Kier molecular flexibility index (Phi) is 5.29. The van der Waals surface area contributed by atoms with Crippen LogP contribution < -0.4 is 5.32 Å². The Balaban J connectivity index is 2.09. The van der Waals surface area contributed by atoms with Crippen molar-refractivity contribution in [1.82, 2.24) is 4.98 Å². The molecule has 2 rings (SSSR count). The van der Waals surface area contributed by atoms with Gasteiger partial charge in [0.25, 0.3) is 0 Å². The van der Waals surface area contributed by atoms with Crippen molar-refractivity contribution in [3.8, 4) is 0 Å². The third kappa shape index (κ3) is 3.65. The zero-order valence-electron chi connectivity index (χ0n) is 10.5. The number of hydrogen-bond acceptors (Lipinski definition) is 3. The highest BCUT2D eigenvalue weighted by Gasteiger charge is 2.10. The lowest BCUT2D eigenvalue weighted by Crippen LogP contribution is -2.04. The lowest BCUT2D eigenvalue weighted by Gasteiger charge is -2.10. The van der Waals surface area contributed by atoms with Gasteiger partial charge in [0, 0.05) is 19.1 Å². The Morgan fingerprint density at radius 1 is 1.25 bits per heavy atom. The Bertz CT molecular complexity index is 617. The maximum Gasteiger partial charge on any atom is 0.354 e. The van der Waals surface area contributed by atoms with E-state index in [9.17, 15) is 4.79 Å². The number of anilines is 1. The number of aromatic nitrogens is 1. The van der Waals surface area contributed by atoms with E-state index in [1.54, 1.807) is 6.07 Å². The number of esters is 1. The maximum atomic E-state index is 11.4. The molecule has 0 aliphatic rings. The molecule has 0 amide bonds. The van der Waals surface area contributed by atoms with E-state index in [2.05, 4.69) is 62.8 Å². The van der Waals surface area contributed by atoms with E-state index in [4.69, 9.17) is 0 Å². The van der Waals surface area contributed by atoms with Crippen LogP contribution in [0.5, 0.6) is 0 Å². The van der Waals surface area contributed by atoms with Crippen molar-refractivity contribution in [3.05, 3.63) is 49.1 Å². The highest BCUT2D eigenvalue weighted by Crippen LogP contribution is 2.34. The molecule has 0 saturated heterocycles. The average molecular weight is 467 g/mol. The molecule has 4 nitrogen and oxygen atoms in total. The number of halogens is 3. The number of aromatic amines is 1. The largest absolute Gasteiger partial charge is 0.464 e. The molecule has 20 heavy (non-hydrogen) atoms. The highest BCUT2D eigenvalue weighted by atomic mass is 79.9. The Hall–Kier alpha value is -0.790. The third-order valence-corrected chi connectivity index (χ3v) is 4.32. The molecule has 106 valence electrons. The molecule has 1 aromatic carbocycles. The van der Waals surface area contributed by atoms with Crippen LogP contribution in [0.2, 0.25) is 0 Å². The van der Waals surface area contributed by atoms with Crippen molar-refractivity contribution >= 4 is 59.4 Å². The van der Waals surface area contributed by atoms with Crippen molar-refractivity contribution in [1.29, 1.82) is 0 Å². The van der Waals surface area contributed by atoms with Gasteiger partial charge in [-0.1, -0.05) is 15.9 Å². The minimum absolute atomic E-state index is 0.373. The summed E-state index contributed by atoms with van der Waals surface area (Å²) in [6.45, 7) is 0.565. The molecule has 2 aromatic rings. The monoisotopic (exact) mass is 464 g/mol. The fourth-order valence-electron chi connectivity index (χ4n) is 1.67. The van der Waals surface area contributed by atoms with E-state index in [0.29, 0.717) is 12.2 Å². The number of ether oxygens (including phenoxy) is 1. The zero-order valence-corrected chi connectivity index (χ0v) is 15.2.